The average molecular weight is 512 g/mol. The summed E-state index contributed by atoms with van der Waals surface area (Å²) in [6.07, 6.45) is 3.77. The minimum atomic E-state index is -0.887. The van der Waals surface area contributed by atoms with Gasteiger partial charge in [0, 0.05) is 38.3 Å². The lowest BCUT2D eigenvalue weighted by Gasteiger charge is -2.50. The van der Waals surface area contributed by atoms with Crippen molar-refractivity contribution in [3.05, 3.63) is 25.3 Å². The predicted octanol–water partition coefficient (Wildman–Crippen LogP) is 5.92. The summed E-state index contributed by atoms with van der Waals surface area (Å²) in [5, 5.41) is 1.49. The van der Waals surface area contributed by atoms with Gasteiger partial charge in [-0.2, -0.15) is 0 Å². The largest absolute Gasteiger partial charge is 0.375 e. The van der Waals surface area contributed by atoms with Crippen LogP contribution in [-0.4, -0.2) is 66.5 Å². The number of ether oxygens (including phenoxy) is 3. The smallest absolute Gasteiger partial charge is 0.349 e. The van der Waals surface area contributed by atoms with Gasteiger partial charge < -0.3 is 19.0 Å². The van der Waals surface area contributed by atoms with Gasteiger partial charge in [0.2, 0.25) is 0 Å². The van der Waals surface area contributed by atoms with Crippen LogP contribution in [0, 0.1) is 10.8 Å². The van der Waals surface area contributed by atoms with Gasteiger partial charge in [0.05, 0.1) is 17.3 Å². The van der Waals surface area contributed by atoms with E-state index in [1.165, 1.54) is 11.1 Å². The first-order valence-corrected chi connectivity index (χ1v) is 12.8. The Morgan fingerprint density at radius 1 is 0.861 bits per heavy atom. The van der Waals surface area contributed by atoms with Crippen molar-refractivity contribution in [2.24, 2.45) is 10.8 Å². The maximum atomic E-state index is 12.0. The zero-order valence-corrected chi connectivity index (χ0v) is 25.1. The summed E-state index contributed by atoms with van der Waals surface area (Å²) in [6, 6.07) is 0. The number of hydroxylamine groups is 2. The Hall–Kier alpha value is -1.54. The molecule has 0 bridgehead atoms. The number of hydrogen-bond donors (Lipinski definition) is 0. The van der Waals surface area contributed by atoms with Gasteiger partial charge in [-0.1, -0.05) is 40.9 Å². The summed E-state index contributed by atoms with van der Waals surface area (Å²) in [7, 11) is 1.71. The van der Waals surface area contributed by atoms with Crippen molar-refractivity contribution in [3.63, 3.8) is 0 Å². The molecular formula is C29H53NO6. The molecule has 0 radical (unpaired) electrons. The highest BCUT2D eigenvalue weighted by Crippen LogP contribution is 2.44. The third kappa shape index (κ3) is 9.73. The van der Waals surface area contributed by atoms with Crippen LogP contribution < -0.4 is 0 Å². The molecule has 1 atom stereocenters. The van der Waals surface area contributed by atoms with E-state index < -0.39 is 22.8 Å². The zero-order chi connectivity index (χ0) is 28.6. The normalized spacial score (nSPS) is 14.5. The molecule has 0 saturated carbocycles. The molecule has 0 aliphatic carbocycles. The van der Waals surface area contributed by atoms with Gasteiger partial charge in [0.25, 0.3) is 0 Å². The number of ketones is 1. The molecule has 7 heteroatoms. The van der Waals surface area contributed by atoms with Gasteiger partial charge in [0.1, 0.15) is 5.60 Å². The molecule has 0 spiro atoms. The first-order valence-electron chi connectivity index (χ1n) is 12.8. The maximum Gasteiger partial charge on any atom is 0.349 e. The van der Waals surface area contributed by atoms with Crippen LogP contribution in [0.2, 0.25) is 0 Å². The Balaban J connectivity index is 5.05. The van der Waals surface area contributed by atoms with Crippen LogP contribution in [0.1, 0.15) is 89.0 Å². The molecule has 36 heavy (non-hydrogen) atoms. The van der Waals surface area contributed by atoms with E-state index in [4.69, 9.17) is 19.0 Å². The van der Waals surface area contributed by atoms with Crippen molar-refractivity contribution < 1.29 is 28.6 Å². The molecule has 0 aromatic rings. The van der Waals surface area contributed by atoms with E-state index in [0.717, 1.165) is 12.5 Å². The lowest BCUT2D eigenvalue weighted by molar-refractivity contribution is -0.213. The monoisotopic (exact) mass is 511 g/mol. The van der Waals surface area contributed by atoms with Crippen LogP contribution in [0.5, 0.6) is 0 Å². The van der Waals surface area contributed by atoms with E-state index in [9.17, 15) is 9.59 Å². The molecule has 7 nitrogen and oxygen atoms in total. The maximum absolute atomic E-state index is 12.0. The Morgan fingerprint density at radius 2 is 1.42 bits per heavy atom. The Labute approximate surface area is 220 Å². The second-order valence-corrected chi connectivity index (χ2v) is 12.2. The first kappa shape index (κ1) is 34.5. The van der Waals surface area contributed by atoms with Crippen molar-refractivity contribution in [2.75, 3.05) is 26.8 Å². The fourth-order valence-electron chi connectivity index (χ4n) is 3.45. The van der Waals surface area contributed by atoms with Crippen LogP contribution in [0.3, 0.4) is 0 Å². The van der Waals surface area contributed by atoms with Crippen LogP contribution in [0.4, 0.5) is 0 Å². The molecule has 0 amide bonds. The van der Waals surface area contributed by atoms with E-state index >= 15 is 0 Å². The van der Waals surface area contributed by atoms with Gasteiger partial charge in [-0.05, 0) is 72.8 Å². The van der Waals surface area contributed by atoms with Gasteiger partial charge >= 0.3 is 5.97 Å². The SMILES string of the molecule is C=CC(=O)ON(C)CCCOC(C)(C)C(C)(C)C(C)OC(C)(C)C(C)(C)CCOC(C)(C)C(=O)C=C. The minimum Gasteiger partial charge on any atom is -0.375 e. The molecule has 210 valence electrons. The molecular weight excluding hydrogens is 458 g/mol. The third-order valence-corrected chi connectivity index (χ3v) is 8.13. The fourth-order valence-corrected chi connectivity index (χ4v) is 3.45. The zero-order valence-electron chi connectivity index (χ0n) is 25.1. The van der Waals surface area contributed by atoms with Crippen LogP contribution >= 0.6 is 0 Å². The number of rotatable bonds is 18. The molecule has 0 aliphatic rings. The molecule has 0 N–H and O–H groups in total. The number of carbonyl (C=O) groups excluding carboxylic acids is 2. The van der Waals surface area contributed by atoms with E-state index in [-0.39, 0.29) is 22.7 Å². The highest BCUT2D eigenvalue weighted by atomic mass is 16.7. The van der Waals surface area contributed by atoms with Gasteiger partial charge in [-0.15, -0.1) is 5.06 Å². The standard InChI is InChI=1S/C29H53NO6/c1-15-23(31)27(8,9)33-21-18-25(4,5)28(10,11)35-22(3)26(6,7)29(12,13)34-20-17-19-30(14)36-24(32)16-2/h15-16,22H,1-2,17-21H2,3-14H3. The molecule has 1 unspecified atom stereocenters. The van der Waals surface area contributed by atoms with E-state index in [2.05, 4.69) is 75.5 Å². The molecule has 0 aliphatic heterocycles. The van der Waals surface area contributed by atoms with Gasteiger partial charge in [0.15, 0.2) is 5.78 Å². The number of carbonyl (C=O) groups is 2. The lowest BCUT2D eigenvalue weighted by Crippen LogP contribution is -2.54. The second-order valence-electron chi connectivity index (χ2n) is 12.2. The van der Waals surface area contributed by atoms with E-state index in [0.29, 0.717) is 26.2 Å². The van der Waals surface area contributed by atoms with Crippen molar-refractivity contribution in [2.45, 2.75) is 112 Å². The molecule has 0 heterocycles. The van der Waals surface area contributed by atoms with Crippen LogP contribution in [0.15, 0.2) is 25.3 Å². The Morgan fingerprint density at radius 3 is 1.92 bits per heavy atom. The molecule has 0 aromatic carbocycles. The molecule has 0 saturated heterocycles. The lowest BCUT2D eigenvalue weighted by atomic mass is 9.71. The van der Waals surface area contributed by atoms with Crippen molar-refractivity contribution in [1.82, 2.24) is 5.06 Å². The van der Waals surface area contributed by atoms with Crippen molar-refractivity contribution in [3.8, 4) is 0 Å². The molecule has 0 aromatic heterocycles. The Kier molecular flexibility index (Phi) is 12.7. The van der Waals surface area contributed by atoms with E-state index in [1.54, 1.807) is 20.9 Å². The third-order valence-electron chi connectivity index (χ3n) is 8.13. The minimum absolute atomic E-state index is 0.113. The van der Waals surface area contributed by atoms with Crippen LogP contribution in [0.25, 0.3) is 0 Å². The number of hydrogen-bond acceptors (Lipinski definition) is 7. The first-order chi connectivity index (χ1) is 16.2. The summed E-state index contributed by atoms with van der Waals surface area (Å²) in [5.74, 6) is -0.602. The molecule has 0 fully saturated rings. The van der Waals surface area contributed by atoms with Crippen molar-refractivity contribution in [1.29, 1.82) is 0 Å². The number of nitrogens with zero attached hydrogens (tertiary/aromatic N) is 1. The van der Waals surface area contributed by atoms with Crippen molar-refractivity contribution >= 4 is 11.8 Å². The summed E-state index contributed by atoms with van der Waals surface area (Å²) in [6.45, 7) is 31.1. The quantitative estimate of drug-likeness (QED) is 0.128. The summed E-state index contributed by atoms with van der Waals surface area (Å²) in [4.78, 5) is 28.4. The predicted molar refractivity (Wildman–Crippen MR) is 146 cm³/mol. The summed E-state index contributed by atoms with van der Waals surface area (Å²) >= 11 is 0. The second kappa shape index (κ2) is 13.3. The van der Waals surface area contributed by atoms with Gasteiger partial charge in [-0.3, -0.25) is 4.79 Å². The topological polar surface area (TPSA) is 74.3 Å². The summed E-state index contributed by atoms with van der Waals surface area (Å²) < 4.78 is 18.9. The fraction of sp³-hybridized carbons (Fsp3) is 0.793. The van der Waals surface area contributed by atoms with Crippen LogP contribution in [-0.2, 0) is 28.6 Å². The molecule has 0 rings (SSSR count). The summed E-state index contributed by atoms with van der Waals surface area (Å²) in [5.41, 5.74) is -2.35. The Bertz CT molecular complexity index is 751. The highest BCUT2D eigenvalue weighted by Gasteiger charge is 2.47. The average Bonchev–Trinajstić information content (AvgIpc) is 2.74. The van der Waals surface area contributed by atoms with Gasteiger partial charge in [-0.25, -0.2) is 4.79 Å². The highest BCUT2D eigenvalue weighted by molar-refractivity contribution is 5.95. The van der Waals surface area contributed by atoms with E-state index in [1.807, 2.05) is 0 Å².